The highest BCUT2D eigenvalue weighted by molar-refractivity contribution is 5.72. The molecular formula is C16H28N4O8. The van der Waals surface area contributed by atoms with Gasteiger partial charge in [0.25, 0.3) is 0 Å². The lowest BCUT2D eigenvalue weighted by atomic mass is 10.3. The molecule has 12 nitrogen and oxygen atoms in total. The Morgan fingerprint density at radius 2 is 1.04 bits per heavy atom. The van der Waals surface area contributed by atoms with Crippen LogP contribution in [0.25, 0.3) is 0 Å². The first-order chi connectivity index (χ1) is 13.6. The molecule has 0 saturated carbocycles. The first kappa shape index (κ1) is 22.0. The zero-order chi connectivity index (χ0) is 22.0. The molecule has 0 aromatic carbocycles. The molecule has 4 N–H and O–H groups in total. The van der Waals surface area contributed by atoms with Crippen LogP contribution >= 0.6 is 0 Å². The molecular weight excluding hydrogens is 376 g/mol. The normalized spacial score (nSPS) is 19.2. The molecule has 0 aromatic heterocycles. The maximum atomic E-state index is 11.1. The van der Waals surface area contributed by atoms with Crippen LogP contribution in [0.3, 0.4) is 0 Å². The van der Waals surface area contributed by atoms with Gasteiger partial charge in [-0.15, -0.1) is 0 Å². The van der Waals surface area contributed by atoms with Gasteiger partial charge in [0, 0.05) is 53.7 Å². The van der Waals surface area contributed by atoms with E-state index in [1.54, 1.807) is 14.7 Å². The molecule has 0 spiro atoms. The molecule has 160 valence electrons. The van der Waals surface area contributed by atoms with Crippen molar-refractivity contribution in [2.24, 2.45) is 0 Å². The third-order valence-corrected chi connectivity index (χ3v) is 4.19. The Bertz CT molecular complexity index is 549. The van der Waals surface area contributed by atoms with Gasteiger partial charge in [0.05, 0.1) is 26.2 Å². The van der Waals surface area contributed by atoms with Gasteiger partial charge in [-0.05, 0) is 0 Å². The molecule has 12 heteroatoms. The molecule has 0 aliphatic carbocycles. The Labute approximate surface area is 163 Å². The first-order valence-corrected chi connectivity index (χ1v) is 8.77. The second kappa shape index (κ2) is 12.2. The predicted molar refractivity (Wildman–Crippen MR) is 96.3 cm³/mol. The van der Waals surface area contributed by atoms with Crippen LogP contribution in [0.15, 0.2) is 0 Å². The summed E-state index contributed by atoms with van der Waals surface area (Å²) in [5.41, 5.74) is 0. The maximum absolute atomic E-state index is 11.1. The van der Waals surface area contributed by atoms with Crippen LogP contribution in [0.5, 0.6) is 0 Å². The average molecular weight is 405 g/mol. The van der Waals surface area contributed by atoms with E-state index in [0.717, 1.165) is 4.90 Å². The number of aliphatic carboxylic acids is 4. The molecule has 1 heterocycles. The highest BCUT2D eigenvalue weighted by Gasteiger charge is 2.20. The molecule has 1 unspecified atom stereocenters. The number of carboxylic acids is 4. The summed E-state index contributed by atoms with van der Waals surface area (Å²) >= 11 is 0. The van der Waals surface area contributed by atoms with Crippen LogP contribution < -0.4 is 0 Å². The summed E-state index contributed by atoms with van der Waals surface area (Å²) in [6.07, 6.45) is 0. The van der Waals surface area contributed by atoms with E-state index in [1.165, 1.54) is 0 Å². The van der Waals surface area contributed by atoms with Crippen molar-refractivity contribution in [3.63, 3.8) is 0 Å². The van der Waals surface area contributed by atoms with Gasteiger partial charge in [0.1, 0.15) is 0 Å². The lowest BCUT2D eigenvalue weighted by Crippen LogP contribution is -2.44. The van der Waals surface area contributed by atoms with E-state index in [4.69, 9.17) is 21.8 Å². The fraction of sp³-hybridized carbons (Fsp3) is 0.750. The van der Waals surface area contributed by atoms with Crippen LogP contribution in [0.4, 0.5) is 0 Å². The topological polar surface area (TPSA) is 162 Å². The fourth-order valence-electron chi connectivity index (χ4n) is 2.83. The minimum Gasteiger partial charge on any atom is -0.480 e. The monoisotopic (exact) mass is 405 g/mol. The quantitative estimate of drug-likeness (QED) is 0.287. The van der Waals surface area contributed by atoms with E-state index >= 15 is 0 Å². The summed E-state index contributed by atoms with van der Waals surface area (Å²) in [4.78, 5) is 50.2. The molecule has 0 bridgehead atoms. The predicted octanol–water partition coefficient (Wildman–Crippen LogP) is -2.45. The Kier molecular flexibility index (Phi) is 9.62. The Balaban J connectivity index is 2.83. The van der Waals surface area contributed by atoms with Crippen LogP contribution in [0, 0.1) is 0 Å². The number of rotatable bonds is 11. The number of nitrogens with zero attached hydrogens (tertiary/aromatic N) is 4. The van der Waals surface area contributed by atoms with Crippen LogP contribution in [-0.2, 0) is 19.2 Å². The SMILES string of the molecule is [2H]C(CN1CCN(CC(=O)O)CCN(CC(=O)O)CC1)N(CC(=O)O)CC(=O)O. The summed E-state index contributed by atoms with van der Waals surface area (Å²) in [6, 6.07) is 0. The summed E-state index contributed by atoms with van der Waals surface area (Å²) in [7, 11) is 0. The number of hydrogen-bond donors (Lipinski definition) is 4. The molecule has 1 rings (SSSR count). The fourth-order valence-corrected chi connectivity index (χ4v) is 2.83. The number of carboxylic acid groups (broad SMARTS) is 4. The zero-order valence-electron chi connectivity index (χ0n) is 16.6. The van der Waals surface area contributed by atoms with Crippen LogP contribution in [0.2, 0.25) is 0 Å². The van der Waals surface area contributed by atoms with Crippen molar-refractivity contribution in [2.75, 3.05) is 78.5 Å². The van der Waals surface area contributed by atoms with Crippen molar-refractivity contribution in [2.45, 2.75) is 0 Å². The summed E-state index contributed by atoms with van der Waals surface area (Å²) in [6.45, 7) is -0.401. The highest BCUT2D eigenvalue weighted by Crippen LogP contribution is 2.02. The van der Waals surface area contributed by atoms with Gasteiger partial charge in [0.15, 0.2) is 0 Å². The van der Waals surface area contributed by atoms with Crippen LogP contribution in [0.1, 0.15) is 1.37 Å². The molecule has 1 atom stereocenters. The summed E-state index contributed by atoms with van der Waals surface area (Å²) in [5, 5.41) is 36.0. The summed E-state index contributed by atoms with van der Waals surface area (Å²) < 4.78 is 8.20. The standard InChI is InChI=1S/C16H28N4O8/c21-13(22)9-18-4-1-17(2-5-19(7-6-18)10-14(23)24)3-8-20(11-15(25)26)12-16(27)28/h1-12H2,(H,21,22)(H,23,24)(H,25,26)(H,27,28)/i8D. The van der Waals surface area contributed by atoms with Crippen molar-refractivity contribution in [1.82, 2.24) is 19.6 Å². The maximum Gasteiger partial charge on any atom is 0.317 e. The zero-order valence-corrected chi connectivity index (χ0v) is 15.6. The smallest absolute Gasteiger partial charge is 0.317 e. The second-order valence-electron chi connectivity index (χ2n) is 6.52. The van der Waals surface area contributed by atoms with Crippen molar-refractivity contribution in [3.8, 4) is 0 Å². The minimum absolute atomic E-state index is 0.0440. The van der Waals surface area contributed by atoms with Crippen molar-refractivity contribution >= 4 is 23.9 Å². The van der Waals surface area contributed by atoms with E-state index in [9.17, 15) is 19.2 Å². The minimum atomic E-state index is -1.24. The van der Waals surface area contributed by atoms with Gasteiger partial charge in [0.2, 0.25) is 0 Å². The molecule has 1 saturated heterocycles. The van der Waals surface area contributed by atoms with Gasteiger partial charge < -0.3 is 20.4 Å². The molecule has 0 radical (unpaired) electrons. The largest absolute Gasteiger partial charge is 0.480 e. The highest BCUT2D eigenvalue weighted by atomic mass is 16.4. The third kappa shape index (κ3) is 10.8. The Morgan fingerprint density at radius 3 is 1.36 bits per heavy atom. The lowest BCUT2D eigenvalue weighted by molar-refractivity contribution is -0.142. The van der Waals surface area contributed by atoms with Crippen LogP contribution in [-0.4, -0.2) is 142 Å². The number of hydrogen-bond acceptors (Lipinski definition) is 8. The molecule has 0 amide bonds. The molecule has 1 fully saturated rings. The van der Waals surface area contributed by atoms with Crippen molar-refractivity contribution < 1.29 is 41.0 Å². The van der Waals surface area contributed by atoms with Gasteiger partial charge in [-0.2, -0.15) is 0 Å². The summed E-state index contributed by atoms with van der Waals surface area (Å²) in [5.74, 6) is -4.50. The van der Waals surface area contributed by atoms with Gasteiger partial charge in [-0.1, -0.05) is 0 Å². The van der Waals surface area contributed by atoms with Crippen molar-refractivity contribution in [3.05, 3.63) is 0 Å². The Hall–Kier alpha value is -2.28. The Morgan fingerprint density at radius 1 is 0.679 bits per heavy atom. The van der Waals surface area contributed by atoms with E-state index in [1.807, 2.05) is 0 Å². The average Bonchev–Trinajstić information content (AvgIpc) is 2.65. The van der Waals surface area contributed by atoms with E-state index in [2.05, 4.69) is 0 Å². The molecule has 1 aliphatic rings. The number of carbonyl (C=O) groups is 4. The molecule has 0 aromatic rings. The van der Waals surface area contributed by atoms with Crippen molar-refractivity contribution in [1.29, 1.82) is 0 Å². The van der Waals surface area contributed by atoms with Gasteiger partial charge in [-0.3, -0.25) is 38.8 Å². The van der Waals surface area contributed by atoms with Gasteiger partial charge >= 0.3 is 23.9 Å². The van der Waals surface area contributed by atoms with E-state index < -0.39 is 43.5 Å². The molecule has 28 heavy (non-hydrogen) atoms. The molecule has 1 aliphatic heterocycles. The van der Waals surface area contributed by atoms with E-state index in [0.29, 0.717) is 39.3 Å². The third-order valence-electron chi connectivity index (χ3n) is 4.19. The first-order valence-electron chi connectivity index (χ1n) is 9.35. The second-order valence-corrected chi connectivity index (χ2v) is 6.52. The van der Waals surface area contributed by atoms with Gasteiger partial charge in [-0.25, -0.2) is 0 Å². The lowest BCUT2D eigenvalue weighted by Gasteiger charge is -2.27. The van der Waals surface area contributed by atoms with E-state index in [-0.39, 0.29) is 19.6 Å².